The van der Waals surface area contributed by atoms with Crippen LogP contribution in [-0.2, 0) is 11.4 Å². The average Bonchev–Trinajstić information content (AvgIpc) is 3.35. The van der Waals surface area contributed by atoms with E-state index in [9.17, 15) is 9.59 Å². The van der Waals surface area contributed by atoms with Crippen LogP contribution in [0.1, 0.15) is 36.6 Å². The summed E-state index contributed by atoms with van der Waals surface area (Å²) in [5.74, 6) is 0.965. The minimum atomic E-state index is -0.712. The third-order valence-electron chi connectivity index (χ3n) is 7.30. The lowest BCUT2D eigenvalue weighted by atomic mass is 9.95. The first-order valence-corrected chi connectivity index (χ1v) is 15.7. The van der Waals surface area contributed by atoms with E-state index in [1.165, 1.54) is 11.3 Å². The van der Waals surface area contributed by atoms with Gasteiger partial charge in [-0.3, -0.25) is 14.2 Å². The minimum Gasteiger partial charge on any atom is -0.494 e. The molecular weight excluding hydrogens is 606 g/mol. The number of aromatic nitrogens is 1. The van der Waals surface area contributed by atoms with Crippen molar-refractivity contribution in [3.63, 3.8) is 0 Å². The number of nitrogens with zero attached hydrogens (tertiary/aromatic N) is 2. The Morgan fingerprint density at radius 3 is 2.40 bits per heavy atom. The summed E-state index contributed by atoms with van der Waals surface area (Å²) in [6.45, 7) is 4.60. The third kappa shape index (κ3) is 6.62. The zero-order chi connectivity index (χ0) is 31.3. The van der Waals surface area contributed by atoms with Gasteiger partial charge in [-0.25, -0.2) is 4.99 Å². The van der Waals surface area contributed by atoms with Gasteiger partial charge in [0.05, 0.1) is 28.5 Å². The second-order valence-corrected chi connectivity index (χ2v) is 11.8. The van der Waals surface area contributed by atoms with Crippen LogP contribution in [-0.4, -0.2) is 17.1 Å². The highest BCUT2D eigenvalue weighted by Gasteiger charge is 2.32. The number of carbonyl (C=O) groups excluding carboxylic acids is 1. The molecule has 4 aromatic carbocycles. The van der Waals surface area contributed by atoms with Crippen molar-refractivity contribution >= 4 is 40.6 Å². The van der Waals surface area contributed by atoms with Crippen molar-refractivity contribution in [2.45, 2.75) is 26.5 Å². The number of allylic oxidation sites excluding steroid dienone is 1. The van der Waals surface area contributed by atoms with Crippen LogP contribution in [0.3, 0.4) is 0 Å². The molecule has 9 heteroatoms. The van der Waals surface area contributed by atoms with Gasteiger partial charge in [-0.2, -0.15) is 0 Å². The van der Waals surface area contributed by atoms with Gasteiger partial charge in [0.15, 0.2) is 4.80 Å². The van der Waals surface area contributed by atoms with Gasteiger partial charge in [-0.15, -0.1) is 0 Å². The molecule has 1 atom stereocenters. The second-order valence-electron chi connectivity index (χ2n) is 10.4. The van der Waals surface area contributed by atoms with E-state index in [2.05, 4.69) is 5.32 Å². The number of carbonyl (C=O) groups is 1. The summed E-state index contributed by atoms with van der Waals surface area (Å²) in [4.78, 5) is 33.3. The molecular formula is C36H30ClN3O4S. The number of para-hydroxylation sites is 1. The van der Waals surface area contributed by atoms with E-state index in [1.807, 2.05) is 91.9 Å². The molecule has 0 unspecified atom stereocenters. The van der Waals surface area contributed by atoms with Crippen molar-refractivity contribution < 1.29 is 14.3 Å². The summed E-state index contributed by atoms with van der Waals surface area (Å²) >= 11 is 7.64. The number of hydrogen-bond acceptors (Lipinski definition) is 6. The van der Waals surface area contributed by atoms with Gasteiger partial charge in [-0.05, 0) is 73.5 Å². The lowest BCUT2D eigenvalue weighted by Gasteiger charge is -2.25. The molecule has 5 aromatic rings. The SMILES string of the molecule is CCOc1ccc([C@@H]2C(C(=O)Nc3ccccc3)=C(C)N=c3s/c(=C\c4cc(Cl)ccc4OCc4ccccc4)c(=O)n32)cc1. The fourth-order valence-corrected chi connectivity index (χ4v) is 6.42. The molecule has 1 aromatic heterocycles. The first kappa shape index (κ1) is 30.1. The fraction of sp³-hybridized carbons (Fsp3) is 0.139. The van der Waals surface area contributed by atoms with Gasteiger partial charge in [0.1, 0.15) is 18.1 Å². The highest BCUT2D eigenvalue weighted by molar-refractivity contribution is 7.07. The predicted octanol–water partition coefficient (Wildman–Crippen LogP) is 6.51. The Labute approximate surface area is 269 Å². The normalized spacial score (nSPS) is 14.5. The molecule has 6 rings (SSSR count). The van der Waals surface area contributed by atoms with Crippen LogP contribution in [0.2, 0.25) is 5.02 Å². The van der Waals surface area contributed by atoms with Gasteiger partial charge in [-0.1, -0.05) is 83.6 Å². The summed E-state index contributed by atoms with van der Waals surface area (Å²) in [5, 5.41) is 3.50. The molecule has 1 amide bonds. The van der Waals surface area contributed by atoms with Gasteiger partial charge >= 0.3 is 0 Å². The van der Waals surface area contributed by atoms with Crippen molar-refractivity contribution in [1.29, 1.82) is 0 Å². The number of halogens is 1. The molecule has 45 heavy (non-hydrogen) atoms. The summed E-state index contributed by atoms with van der Waals surface area (Å²) in [7, 11) is 0. The van der Waals surface area contributed by atoms with E-state index in [0.717, 1.165) is 11.1 Å². The maximum absolute atomic E-state index is 14.2. The topological polar surface area (TPSA) is 81.9 Å². The van der Waals surface area contributed by atoms with Crippen molar-refractivity contribution in [2.75, 3.05) is 11.9 Å². The summed E-state index contributed by atoms with van der Waals surface area (Å²) in [6.07, 6.45) is 1.77. The molecule has 0 radical (unpaired) electrons. The Kier molecular flexibility index (Phi) is 8.96. The Morgan fingerprint density at radius 2 is 1.69 bits per heavy atom. The van der Waals surface area contributed by atoms with Crippen LogP contribution < -0.4 is 29.7 Å². The Bertz CT molecular complexity index is 2050. The first-order chi connectivity index (χ1) is 21.9. The lowest BCUT2D eigenvalue weighted by Crippen LogP contribution is -2.40. The number of anilines is 1. The van der Waals surface area contributed by atoms with E-state index in [-0.39, 0.29) is 11.5 Å². The van der Waals surface area contributed by atoms with Crippen LogP contribution in [0.4, 0.5) is 5.69 Å². The maximum Gasteiger partial charge on any atom is 0.271 e. The molecule has 0 saturated carbocycles. The molecule has 226 valence electrons. The van der Waals surface area contributed by atoms with Gasteiger partial charge in [0.25, 0.3) is 11.5 Å². The molecule has 2 heterocycles. The highest BCUT2D eigenvalue weighted by atomic mass is 35.5. The van der Waals surface area contributed by atoms with Gasteiger partial charge < -0.3 is 14.8 Å². The Morgan fingerprint density at radius 1 is 0.978 bits per heavy atom. The summed E-state index contributed by atoms with van der Waals surface area (Å²) in [5.41, 5.74) is 3.73. The standard InChI is InChI=1S/C36H30ClN3O4S/c1-3-43-29-17-14-25(15-18-29)33-32(34(41)39-28-12-8-5-9-13-28)23(2)38-36-40(33)35(42)31(45-36)21-26-20-27(37)16-19-30(26)44-22-24-10-6-4-7-11-24/h4-21,33H,3,22H2,1-2H3,(H,39,41)/b31-21-/t33-/m1/s1. The Balaban J connectivity index is 1.44. The fourth-order valence-electron chi connectivity index (χ4n) is 5.20. The van der Waals surface area contributed by atoms with Crippen LogP contribution in [0.5, 0.6) is 11.5 Å². The largest absolute Gasteiger partial charge is 0.494 e. The lowest BCUT2D eigenvalue weighted by molar-refractivity contribution is -0.113. The molecule has 7 nitrogen and oxygen atoms in total. The number of amides is 1. The first-order valence-electron chi connectivity index (χ1n) is 14.5. The van der Waals surface area contributed by atoms with Crippen LogP contribution in [0.15, 0.2) is 124 Å². The second kappa shape index (κ2) is 13.4. The van der Waals surface area contributed by atoms with E-state index in [4.69, 9.17) is 26.1 Å². The van der Waals surface area contributed by atoms with Gasteiger partial charge in [0, 0.05) is 16.3 Å². The number of fused-ring (bicyclic) bond motifs is 1. The smallest absolute Gasteiger partial charge is 0.271 e. The number of rotatable bonds is 9. The molecule has 1 N–H and O–H groups in total. The molecule has 1 aliphatic rings. The molecule has 1 aliphatic heterocycles. The average molecular weight is 636 g/mol. The molecule has 0 aliphatic carbocycles. The van der Waals surface area contributed by atoms with Gasteiger partial charge in [0.2, 0.25) is 0 Å². The molecule has 0 spiro atoms. The number of thiazole rings is 1. The monoisotopic (exact) mass is 635 g/mol. The zero-order valence-corrected chi connectivity index (χ0v) is 26.3. The van der Waals surface area contributed by atoms with E-state index in [1.54, 1.807) is 35.8 Å². The van der Waals surface area contributed by atoms with Crippen molar-refractivity contribution in [1.82, 2.24) is 4.57 Å². The predicted molar refractivity (Wildman–Crippen MR) is 179 cm³/mol. The van der Waals surface area contributed by atoms with Crippen LogP contribution in [0.25, 0.3) is 6.08 Å². The Hall–Kier alpha value is -4.92. The summed E-state index contributed by atoms with van der Waals surface area (Å²) < 4.78 is 13.8. The van der Waals surface area contributed by atoms with E-state index >= 15 is 0 Å². The van der Waals surface area contributed by atoms with Crippen molar-refractivity contribution in [2.24, 2.45) is 4.99 Å². The quantitative estimate of drug-likeness (QED) is 0.200. The zero-order valence-electron chi connectivity index (χ0n) is 24.7. The summed E-state index contributed by atoms with van der Waals surface area (Å²) in [6, 6.07) is 31.1. The maximum atomic E-state index is 14.2. The van der Waals surface area contributed by atoms with Crippen molar-refractivity contribution in [3.8, 4) is 11.5 Å². The van der Waals surface area contributed by atoms with Crippen molar-refractivity contribution in [3.05, 3.63) is 156 Å². The van der Waals surface area contributed by atoms with Crippen LogP contribution >= 0.6 is 22.9 Å². The van der Waals surface area contributed by atoms with Crippen LogP contribution in [0, 0.1) is 0 Å². The molecule has 0 fully saturated rings. The minimum absolute atomic E-state index is 0.274. The number of benzene rings is 4. The number of hydrogen-bond donors (Lipinski definition) is 1. The highest BCUT2D eigenvalue weighted by Crippen LogP contribution is 2.32. The van der Waals surface area contributed by atoms with E-state index < -0.39 is 6.04 Å². The number of nitrogens with one attached hydrogen (secondary N) is 1. The third-order valence-corrected chi connectivity index (χ3v) is 8.52. The molecule has 0 bridgehead atoms. The van der Waals surface area contributed by atoms with E-state index in [0.29, 0.717) is 61.6 Å². The molecule has 0 saturated heterocycles. The number of ether oxygens (including phenoxy) is 2.